The average Bonchev–Trinajstić information content (AvgIpc) is 3.41. The van der Waals surface area contributed by atoms with E-state index in [9.17, 15) is 14.4 Å². The van der Waals surface area contributed by atoms with E-state index in [0.717, 1.165) is 27.2 Å². The van der Waals surface area contributed by atoms with Crippen LogP contribution in [0.25, 0.3) is 21.3 Å². The van der Waals surface area contributed by atoms with E-state index >= 15 is 0 Å². The summed E-state index contributed by atoms with van der Waals surface area (Å²) in [5, 5.41) is 7.25. The molecular weight excluding hydrogens is 420 g/mol. The molecule has 3 N–H and O–H groups in total. The number of hydrogen-bond acceptors (Lipinski definition) is 7. The highest BCUT2D eigenvalue weighted by Gasteiger charge is 2.28. The SMILES string of the molecule is NC(=O)C(=O)C(Cc1csc2ccccc12)NC(=O)c1nscc1-c1ccccn1. The van der Waals surface area contributed by atoms with Crippen molar-refractivity contribution in [2.75, 3.05) is 0 Å². The van der Waals surface area contributed by atoms with Crippen LogP contribution in [0, 0.1) is 0 Å². The molecule has 1 atom stereocenters. The van der Waals surface area contributed by atoms with Crippen LogP contribution >= 0.6 is 22.9 Å². The summed E-state index contributed by atoms with van der Waals surface area (Å²) in [6, 6.07) is 12.0. The van der Waals surface area contributed by atoms with Crippen LogP contribution in [0.2, 0.25) is 0 Å². The van der Waals surface area contributed by atoms with E-state index in [-0.39, 0.29) is 12.1 Å². The second kappa shape index (κ2) is 8.52. The number of nitrogens with zero attached hydrogens (tertiary/aromatic N) is 2. The van der Waals surface area contributed by atoms with Crippen molar-refractivity contribution in [2.45, 2.75) is 12.5 Å². The van der Waals surface area contributed by atoms with Gasteiger partial charge in [-0.05, 0) is 46.1 Å². The summed E-state index contributed by atoms with van der Waals surface area (Å²) in [6.07, 6.45) is 1.77. The molecule has 3 heterocycles. The number of rotatable bonds is 7. The molecule has 4 rings (SSSR count). The van der Waals surface area contributed by atoms with Gasteiger partial charge in [0.1, 0.15) is 6.04 Å². The Kier molecular flexibility index (Phi) is 5.64. The first kappa shape index (κ1) is 19.9. The third-order valence-electron chi connectivity index (χ3n) is 4.58. The number of ketones is 1. The van der Waals surface area contributed by atoms with E-state index in [1.54, 1.807) is 23.7 Å². The molecule has 4 aromatic rings. The van der Waals surface area contributed by atoms with E-state index in [4.69, 9.17) is 5.73 Å². The number of amides is 2. The lowest BCUT2D eigenvalue weighted by atomic mass is 10.0. The molecule has 0 aliphatic carbocycles. The summed E-state index contributed by atoms with van der Waals surface area (Å²) in [7, 11) is 0. The summed E-state index contributed by atoms with van der Waals surface area (Å²) < 4.78 is 5.22. The number of fused-ring (bicyclic) bond motifs is 1. The maximum absolute atomic E-state index is 12.9. The minimum Gasteiger partial charge on any atom is -0.363 e. The van der Waals surface area contributed by atoms with Crippen molar-refractivity contribution in [2.24, 2.45) is 5.73 Å². The molecule has 0 saturated carbocycles. The highest BCUT2D eigenvalue weighted by atomic mass is 32.1. The number of pyridine rings is 1. The summed E-state index contributed by atoms with van der Waals surface area (Å²) in [4.78, 5) is 41.2. The van der Waals surface area contributed by atoms with Gasteiger partial charge in [0.2, 0.25) is 5.78 Å². The van der Waals surface area contributed by atoms with E-state index in [1.165, 1.54) is 11.3 Å². The Morgan fingerprint density at radius 1 is 1.07 bits per heavy atom. The van der Waals surface area contributed by atoms with Crippen LogP contribution in [0.5, 0.6) is 0 Å². The normalized spacial score (nSPS) is 11.9. The number of aromatic nitrogens is 2. The third-order valence-corrected chi connectivity index (χ3v) is 6.22. The number of nitrogens with one attached hydrogen (secondary N) is 1. The molecule has 0 radical (unpaired) electrons. The van der Waals surface area contributed by atoms with Crippen LogP contribution in [-0.4, -0.2) is 33.0 Å². The maximum Gasteiger partial charge on any atom is 0.287 e. The first-order chi connectivity index (χ1) is 14.5. The van der Waals surface area contributed by atoms with Gasteiger partial charge in [0.15, 0.2) is 5.69 Å². The highest BCUT2D eigenvalue weighted by Crippen LogP contribution is 2.27. The zero-order chi connectivity index (χ0) is 21.1. The standard InChI is InChI=1S/C21H16N4O3S2/c22-20(27)19(26)16(9-12-10-29-17-7-2-1-5-13(12)17)24-21(28)18-14(11-30-25-18)15-6-3-4-8-23-15/h1-8,10-11,16H,9H2,(H2,22,27)(H,24,28). The Hall–Kier alpha value is -3.43. The molecule has 0 spiro atoms. The Morgan fingerprint density at radius 2 is 1.87 bits per heavy atom. The van der Waals surface area contributed by atoms with Gasteiger partial charge >= 0.3 is 0 Å². The van der Waals surface area contributed by atoms with Gasteiger partial charge in [-0.3, -0.25) is 19.4 Å². The monoisotopic (exact) mass is 436 g/mol. The van der Waals surface area contributed by atoms with E-state index in [0.29, 0.717) is 11.3 Å². The van der Waals surface area contributed by atoms with Crippen LogP contribution in [0.15, 0.2) is 59.4 Å². The number of hydrogen-bond donors (Lipinski definition) is 2. The fourth-order valence-electron chi connectivity index (χ4n) is 3.12. The molecule has 0 bridgehead atoms. The zero-order valence-corrected chi connectivity index (χ0v) is 17.2. The molecule has 0 saturated heterocycles. The molecule has 2 amide bonds. The first-order valence-electron chi connectivity index (χ1n) is 9.00. The lowest BCUT2D eigenvalue weighted by molar-refractivity contribution is -0.137. The van der Waals surface area contributed by atoms with Crippen molar-refractivity contribution in [1.82, 2.24) is 14.7 Å². The molecule has 1 unspecified atom stereocenters. The van der Waals surface area contributed by atoms with Gasteiger partial charge in [-0.25, -0.2) is 0 Å². The summed E-state index contributed by atoms with van der Waals surface area (Å²) >= 11 is 2.65. The Labute approximate surface area is 179 Å². The van der Waals surface area contributed by atoms with Crippen molar-refractivity contribution in [3.8, 4) is 11.3 Å². The predicted octanol–water partition coefficient (Wildman–Crippen LogP) is 2.82. The third kappa shape index (κ3) is 3.98. The second-order valence-corrected chi connectivity index (χ2v) is 8.05. The molecule has 7 nitrogen and oxygen atoms in total. The average molecular weight is 437 g/mol. The predicted molar refractivity (Wildman–Crippen MR) is 116 cm³/mol. The quantitative estimate of drug-likeness (QED) is 0.432. The van der Waals surface area contributed by atoms with Gasteiger partial charge in [0, 0.05) is 28.3 Å². The van der Waals surface area contributed by atoms with E-state index in [1.807, 2.05) is 35.7 Å². The van der Waals surface area contributed by atoms with Gasteiger partial charge in [0.05, 0.1) is 5.69 Å². The fraction of sp³-hybridized carbons (Fsp3) is 0.0952. The number of Topliss-reactive ketones (excluding diaryl/α,β-unsaturated/α-hetero) is 1. The lowest BCUT2D eigenvalue weighted by Crippen LogP contribution is -2.47. The minimum atomic E-state index is -1.09. The van der Waals surface area contributed by atoms with Gasteiger partial charge in [-0.2, -0.15) is 4.37 Å². The number of thiophene rings is 1. The minimum absolute atomic E-state index is 0.149. The summed E-state index contributed by atoms with van der Waals surface area (Å²) in [5.74, 6) is -2.51. The van der Waals surface area contributed by atoms with Crippen LogP contribution in [0.3, 0.4) is 0 Å². The van der Waals surface area contributed by atoms with Crippen molar-refractivity contribution in [3.05, 3.63) is 70.7 Å². The summed E-state index contributed by atoms with van der Waals surface area (Å²) in [6.45, 7) is 0. The number of primary amides is 1. The van der Waals surface area contributed by atoms with Crippen molar-refractivity contribution >= 4 is 50.6 Å². The van der Waals surface area contributed by atoms with Crippen LogP contribution < -0.4 is 11.1 Å². The van der Waals surface area contributed by atoms with Crippen LogP contribution in [-0.2, 0) is 16.0 Å². The maximum atomic E-state index is 12.9. The van der Waals surface area contributed by atoms with Gasteiger partial charge in [-0.15, -0.1) is 11.3 Å². The molecule has 0 aliphatic rings. The smallest absolute Gasteiger partial charge is 0.287 e. The van der Waals surface area contributed by atoms with E-state index < -0.39 is 23.6 Å². The topological polar surface area (TPSA) is 115 Å². The van der Waals surface area contributed by atoms with Crippen molar-refractivity contribution < 1.29 is 14.4 Å². The largest absolute Gasteiger partial charge is 0.363 e. The Bertz CT molecular complexity index is 1230. The molecular formula is C21H16N4O3S2. The van der Waals surface area contributed by atoms with E-state index in [2.05, 4.69) is 14.7 Å². The van der Waals surface area contributed by atoms with Crippen molar-refractivity contribution in [3.63, 3.8) is 0 Å². The molecule has 0 fully saturated rings. The van der Waals surface area contributed by atoms with Crippen LogP contribution in [0.4, 0.5) is 0 Å². The molecule has 30 heavy (non-hydrogen) atoms. The number of nitrogens with two attached hydrogens (primary N) is 1. The molecule has 1 aromatic carbocycles. The van der Waals surface area contributed by atoms with Gasteiger partial charge in [-0.1, -0.05) is 24.3 Å². The molecule has 9 heteroatoms. The molecule has 0 aliphatic heterocycles. The number of carbonyl (C=O) groups excluding carboxylic acids is 3. The zero-order valence-electron chi connectivity index (χ0n) is 15.6. The van der Waals surface area contributed by atoms with Crippen LogP contribution in [0.1, 0.15) is 16.1 Å². The van der Waals surface area contributed by atoms with Gasteiger partial charge in [0.25, 0.3) is 11.8 Å². The molecule has 150 valence electrons. The van der Waals surface area contributed by atoms with Gasteiger partial charge < -0.3 is 11.1 Å². The highest BCUT2D eigenvalue weighted by molar-refractivity contribution is 7.17. The Balaban J connectivity index is 1.62. The summed E-state index contributed by atoms with van der Waals surface area (Å²) in [5.41, 5.74) is 7.40. The number of carbonyl (C=O) groups is 3. The Morgan fingerprint density at radius 3 is 2.63 bits per heavy atom. The second-order valence-electron chi connectivity index (χ2n) is 6.51. The molecule has 3 aromatic heterocycles. The first-order valence-corrected chi connectivity index (χ1v) is 10.7. The number of benzene rings is 1. The van der Waals surface area contributed by atoms with Crippen molar-refractivity contribution in [1.29, 1.82) is 0 Å². The fourth-order valence-corrected chi connectivity index (χ4v) is 4.78. The lowest BCUT2D eigenvalue weighted by Gasteiger charge is -2.16.